The van der Waals surface area contributed by atoms with Crippen LogP contribution in [0.4, 0.5) is 0 Å². The summed E-state index contributed by atoms with van der Waals surface area (Å²) in [6, 6.07) is 0. The van der Waals surface area contributed by atoms with Gasteiger partial charge in [-0.15, -0.1) is 0 Å². The molecule has 0 aliphatic rings. The van der Waals surface area contributed by atoms with E-state index in [-0.39, 0.29) is 0 Å². The van der Waals surface area contributed by atoms with Crippen molar-refractivity contribution in [2.75, 3.05) is 0 Å². The van der Waals surface area contributed by atoms with E-state index in [0.29, 0.717) is 5.57 Å². The Morgan fingerprint density at radius 1 is 1.08 bits per heavy atom. The molecule has 12 heavy (non-hydrogen) atoms. The van der Waals surface area contributed by atoms with Crippen molar-refractivity contribution in [3.8, 4) is 0 Å². The summed E-state index contributed by atoms with van der Waals surface area (Å²) >= 11 is 0. The highest BCUT2D eigenvalue weighted by Gasteiger charge is 2.27. The molecule has 70 valence electrons. The van der Waals surface area contributed by atoms with Crippen LogP contribution >= 0.6 is 0 Å². The molecule has 2 unspecified atom stereocenters. The number of hydrogen-bond donors (Lipinski definition) is 4. The summed E-state index contributed by atoms with van der Waals surface area (Å²) in [5, 5.41) is 35.0. The SMILES string of the molecule is CC(C)=C(O)C(O)C(O)C(=O)O. The second kappa shape index (κ2) is 4.08. The van der Waals surface area contributed by atoms with Crippen molar-refractivity contribution in [3.63, 3.8) is 0 Å². The fourth-order valence-corrected chi connectivity index (χ4v) is 0.580. The molecule has 0 bridgehead atoms. The third-order valence-electron chi connectivity index (χ3n) is 1.34. The minimum Gasteiger partial charge on any atom is -0.510 e. The largest absolute Gasteiger partial charge is 0.510 e. The Labute approximate surface area is 69.6 Å². The van der Waals surface area contributed by atoms with Crippen LogP contribution in [-0.2, 0) is 4.79 Å². The molecule has 0 spiro atoms. The Morgan fingerprint density at radius 2 is 1.50 bits per heavy atom. The summed E-state index contributed by atoms with van der Waals surface area (Å²) in [4.78, 5) is 10.1. The van der Waals surface area contributed by atoms with E-state index in [4.69, 9.17) is 20.4 Å². The van der Waals surface area contributed by atoms with E-state index in [0.717, 1.165) is 0 Å². The molecular weight excluding hydrogens is 164 g/mol. The number of carboxylic acids is 1. The van der Waals surface area contributed by atoms with Crippen LogP contribution < -0.4 is 0 Å². The molecule has 0 amide bonds. The van der Waals surface area contributed by atoms with E-state index in [1.807, 2.05) is 0 Å². The molecule has 4 N–H and O–H groups in total. The first-order valence-corrected chi connectivity index (χ1v) is 3.33. The Balaban J connectivity index is 4.50. The zero-order valence-electron chi connectivity index (χ0n) is 6.85. The molecule has 0 saturated heterocycles. The van der Waals surface area contributed by atoms with E-state index in [9.17, 15) is 4.79 Å². The van der Waals surface area contributed by atoms with Crippen molar-refractivity contribution >= 4 is 5.97 Å². The lowest BCUT2D eigenvalue weighted by Crippen LogP contribution is -2.35. The van der Waals surface area contributed by atoms with Crippen LogP contribution in [0.5, 0.6) is 0 Å². The third kappa shape index (κ3) is 2.52. The molecule has 5 nitrogen and oxygen atoms in total. The molecule has 0 heterocycles. The monoisotopic (exact) mass is 176 g/mol. The summed E-state index contributed by atoms with van der Waals surface area (Å²) in [6.45, 7) is 2.99. The zero-order chi connectivity index (χ0) is 9.89. The van der Waals surface area contributed by atoms with E-state index in [1.165, 1.54) is 13.8 Å². The average molecular weight is 176 g/mol. The summed E-state index contributed by atoms with van der Waals surface area (Å²) < 4.78 is 0. The van der Waals surface area contributed by atoms with Gasteiger partial charge in [-0.2, -0.15) is 0 Å². The van der Waals surface area contributed by atoms with E-state index < -0.39 is 23.9 Å². The molecule has 2 atom stereocenters. The predicted octanol–water partition coefficient (Wildman–Crippen LogP) is -0.355. The van der Waals surface area contributed by atoms with Gasteiger partial charge in [0.1, 0.15) is 11.9 Å². The molecule has 0 aromatic rings. The summed E-state index contributed by atoms with van der Waals surface area (Å²) in [5.74, 6) is -2.08. The normalized spacial score (nSPS) is 15.0. The lowest BCUT2D eigenvalue weighted by molar-refractivity contribution is -0.152. The molecule has 0 radical (unpaired) electrons. The average Bonchev–Trinajstić information content (AvgIpc) is 2.00. The smallest absolute Gasteiger partial charge is 0.335 e. The molecule has 0 aromatic carbocycles. The minimum atomic E-state index is -1.99. The number of aliphatic hydroxyl groups is 3. The highest BCUT2D eigenvalue weighted by Crippen LogP contribution is 2.08. The highest BCUT2D eigenvalue weighted by molar-refractivity contribution is 5.73. The Hall–Kier alpha value is -1.07. The van der Waals surface area contributed by atoms with Gasteiger partial charge in [0.15, 0.2) is 6.10 Å². The first-order valence-electron chi connectivity index (χ1n) is 3.33. The van der Waals surface area contributed by atoms with Gasteiger partial charge in [0.2, 0.25) is 0 Å². The van der Waals surface area contributed by atoms with Gasteiger partial charge in [-0.1, -0.05) is 0 Å². The van der Waals surface area contributed by atoms with Gasteiger partial charge in [-0.3, -0.25) is 0 Å². The van der Waals surface area contributed by atoms with E-state index in [1.54, 1.807) is 0 Å². The van der Waals surface area contributed by atoms with Crippen LogP contribution in [0, 0.1) is 0 Å². The van der Waals surface area contributed by atoms with E-state index >= 15 is 0 Å². The predicted molar refractivity (Wildman–Crippen MR) is 40.7 cm³/mol. The van der Waals surface area contributed by atoms with Gasteiger partial charge < -0.3 is 20.4 Å². The first kappa shape index (κ1) is 10.9. The fourth-order valence-electron chi connectivity index (χ4n) is 0.580. The van der Waals surface area contributed by atoms with Crippen molar-refractivity contribution in [2.45, 2.75) is 26.1 Å². The molecule has 0 saturated carbocycles. The van der Waals surface area contributed by atoms with Crippen LogP contribution in [0.25, 0.3) is 0 Å². The number of carboxylic acid groups (broad SMARTS) is 1. The van der Waals surface area contributed by atoms with Crippen molar-refractivity contribution in [3.05, 3.63) is 11.3 Å². The Morgan fingerprint density at radius 3 is 1.75 bits per heavy atom. The standard InChI is InChI=1S/C7H12O5/c1-3(2)4(8)5(9)6(10)7(11)12/h5-6,8-10H,1-2H3,(H,11,12). The summed E-state index contributed by atoms with van der Waals surface area (Å²) in [5.41, 5.74) is 0.364. The maximum absolute atomic E-state index is 10.1. The van der Waals surface area contributed by atoms with Gasteiger partial charge in [0.05, 0.1) is 0 Å². The second-order valence-electron chi connectivity index (χ2n) is 2.61. The minimum absolute atomic E-state index is 0.364. The lowest BCUT2D eigenvalue weighted by atomic mass is 10.1. The van der Waals surface area contributed by atoms with Gasteiger partial charge in [-0.05, 0) is 19.4 Å². The topological polar surface area (TPSA) is 98.0 Å². The van der Waals surface area contributed by atoms with Crippen LogP contribution in [0.15, 0.2) is 11.3 Å². The van der Waals surface area contributed by atoms with Crippen molar-refractivity contribution in [1.29, 1.82) is 0 Å². The van der Waals surface area contributed by atoms with Gasteiger partial charge in [0.25, 0.3) is 0 Å². The van der Waals surface area contributed by atoms with Crippen LogP contribution in [0.3, 0.4) is 0 Å². The number of carbonyl (C=O) groups is 1. The van der Waals surface area contributed by atoms with Crippen LogP contribution in [0.1, 0.15) is 13.8 Å². The Kier molecular flexibility index (Phi) is 3.72. The number of rotatable bonds is 3. The molecular formula is C7H12O5. The number of aliphatic hydroxyl groups excluding tert-OH is 3. The number of aliphatic carboxylic acids is 1. The highest BCUT2D eigenvalue weighted by atomic mass is 16.4. The molecule has 5 heteroatoms. The maximum Gasteiger partial charge on any atom is 0.335 e. The number of hydrogen-bond acceptors (Lipinski definition) is 4. The van der Waals surface area contributed by atoms with Crippen LogP contribution in [-0.4, -0.2) is 38.6 Å². The van der Waals surface area contributed by atoms with Gasteiger partial charge >= 0.3 is 5.97 Å². The molecule has 0 fully saturated rings. The van der Waals surface area contributed by atoms with E-state index in [2.05, 4.69) is 0 Å². The fraction of sp³-hybridized carbons (Fsp3) is 0.571. The van der Waals surface area contributed by atoms with Crippen molar-refractivity contribution in [2.24, 2.45) is 0 Å². The molecule has 0 aliphatic carbocycles. The maximum atomic E-state index is 10.1. The third-order valence-corrected chi connectivity index (χ3v) is 1.34. The van der Waals surface area contributed by atoms with Crippen molar-refractivity contribution in [1.82, 2.24) is 0 Å². The van der Waals surface area contributed by atoms with Gasteiger partial charge in [0, 0.05) is 0 Å². The number of allylic oxidation sites excluding steroid dienone is 1. The molecule has 0 rings (SSSR count). The molecule has 0 aliphatic heterocycles. The Bertz CT molecular complexity index is 204. The lowest BCUT2D eigenvalue weighted by Gasteiger charge is -2.14. The van der Waals surface area contributed by atoms with Crippen molar-refractivity contribution < 1.29 is 25.2 Å². The second-order valence-corrected chi connectivity index (χ2v) is 2.61. The van der Waals surface area contributed by atoms with Gasteiger partial charge in [-0.25, -0.2) is 4.79 Å². The first-order chi connectivity index (χ1) is 5.37. The summed E-state index contributed by atoms with van der Waals surface area (Å²) in [6.07, 6.45) is -3.74. The quantitative estimate of drug-likeness (QED) is 0.440. The zero-order valence-corrected chi connectivity index (χ0v) is 6.85. The summed E-state index contributed by atoms with van der Waals surface area (Å²) in [7, 11) is 0. The van der Waals surface area contributed by atoms with Crippen LogP contribution in [0.2, 0.25) is 0 Å². The molecule has 0 aromatic heterocycles.